The van der Waals surface area contributed by atoms with Gasteiger partial charge in [-0.15, -0.1) is 0 Å². The lowest BCUT2D eigenvalue weighted by Crippen LogP contribution is -2.45. The summed E-state index contributed by atoms with van der Waals surface area (Å²) in [5, 5.41) is 3.39. The molecule has 0 spiro atoms. The molecule has 7 nitrogen and oxygen atoms in total. The number of halogens is 3. The molecule has 1 amide bonds. The first kappa shape index (κ1) is 22.6. The molecule has 2 atom stereocenters. The number of rotatable bonds is 3. The van der Waals surface area contributed by atoms with Crippen LogP contribution in [-0.4, -0.2) is 66.9 Å². The number of alkyl halides is 3. The number of anilines is 4. The van der Waals surface area contributed by atoms with E-state index >= 15 is 0 Å². The summed E-state index contributed by atoms with van der Waals surface area (Å²) in [6, 6.07) is 10.3. The number of aromatic nitrogens is 1. The van der Waals surface area contributed by atoms with Gasteiger partial charge in [0.1, 0.15) is 5.82 Å². The van der Waals surface area contributed by atoms with Gasteiger partial charge < -0.3 is 19.9 Å². The van der Waals surface area contributed by atoms with Crippen LogP contribution in [0.25, 0.3) is 0 Å². The zero-order chi connectivity index (χ0) is 24.2. The van der Waals surface area contributed by atoms with Gasteiger partial charge in [-0.3, -0.25) is 9.69 Å². The Bertz CT molecular complexity index is 1120. The Labute approximate surface area is 201 Å². The highest BCUT2D eigenvalue weighted by Gasteiger charge is 2.40. The molecular weight excluding hydrogens is 459 g/mol. The Morgan fingerprint density at radius 3 is 2.74 bits per heavy atom. The molecule has 3 fully saturated rings. The van der Waals surface area contributed by atoms with Crippen LogP contribution in [0.15, 0.2) is 36.5 Å². The van der Waals surface area contributed by atoms with Crippen LogP contribution in [0.2, 0.25) is 0 Å². The minimum absolute atomic E-state index is 0.0418. The second kappa shape index (κ2) is 8.67. The van der Waals surface area contributed by atoms with Crippen molar-refractivity contribution in [2.45, 2.75) is 44.1 Å². The maximum atomic E-state index is 13.8. The monoisotopic (exact) mass is 487 g/mol. The Hall–Kier alpha value is -2.85. The fraction of sp³-hybridized carbons (Fsp3) is 0.520. The number of pyridine rings is 1. The van der Waals surface area contributed by atoms with E-state index in [0.717, 1.165) is 35.6 Å². The second-order valence-corrected chi connectivity index (χ2v) is 9.92. The van der Waals surface area contributed by atoms with E-state index in [1.165, 1.54) is 4.90 Å². The zero-order valence-electron chi connectivity index (χ0n) is 19.3. The van der Waals surface area contributed by atoms with Crippen LogP contribution >= 0.6 is 0 Å². The number of ether oxygens (including phenoxy) is 1. The fourth-order valence-corrected chi connectivity index (χ4v) is 5.81. The molecule has 4 aliphatic heterocycles. The van der Waals surface area contributed by atoms with Crippen molar-refractivity contribution in [2.24, 2.45) is 5.92 Å². The van der Waals surface area contributed by atoms with Gasteiger partial charge in [-0.25, -0.2) is 4.98 Å². The van der Waals surface area contributed by atoms with E-state index in [9.17, 15) is 18.0 Å². The van der Waals surface area contributed by atoms with Gasteiger partial charge >= 0.3 is 6.18 Å². The zero-order valence-corrected chi connectivity index (χ0v) is 19.3. The first-order valence-corrected chi connectivity index (χ1v) is 12.2. The largest absolute Gasteiger partial charge is 0.401 e. The molecule has 5 heterocycles. The van der Waals surface area contributed by atoms with Crippen molar-refractivity contribution < 1.29 is 22.7 Å². The summed E-state index contributed by atoms with van der Waals surface area (Å²) < 4.78 is 44.2. The molecule has 2 bridgehead atoms. The molecule has 10 heteroatoms. The Kier molecular flexibility index (Phi) is 5.60. The van der Waals surface area contributed by atoms with Crippen LogP contribution in [0.4, 0.5) is 36.1 Å². The summed E-state index contributed by atoms with van der Waals surface area (Å²) >= 11 is 0. The lowest BCUT2D eigenvalue weighted by molar-refractivity contribution is -0.149. The van der Waals surface area contributed by atoms with Gasteiger partial charge in [-0.2, -0.15) is 13.2 Å². The SMILES string of the molecule is O=C(C1CCN(CC(F)(F)F)CC1)N1Cc2cccnc2Nc2ccc(N3CC4CC3CO4)cc21. The molecular formula is C25H28F3N5O2. The number of piperidine rings is 1. The van der Waals surface area contributed by atoms with Crippen molar-refractivity contribution in [3.63, 3.8) is 0 Å². The Balaban J connectivity index is 1.28. The van der Waals surface area contributed by atoms with Gasteiger partial charge in [0.25, 0.3) is 0 Å². The van der Waals surface area contributed by atoms with Crippen LogP contribution < -0.4 is 15.1 Å². The predicted octanol–water partition coefficient (Wildman–Crippen LogP) is 3.92. The second-order valence-electron chi connectivity index (χ2n) is 9.92. The summed E-state index contributed by atoms with van der Waals surface area (Å²) in [5.74, 6) is 0.357. The third-order valence-corrected chi connectivity index (χ3v) is 7.58. The lowest BCUT2D eigenvalue weighted by atomic mass is 9.94. The predicted molar refractivity (Wildman–Crippen MR) is 126 cm³/mol. The summed E-state index contributed by atoms with van der Waals surface area (Å²) in [7, 11) is 0. The molecule has 0 radical (unpaired) electrons. The van der Waals surface area contributed by atoms with E-state index < -0.39 is 12.7 Å². The van der Waals surface area contributed by atoms with Crippen molar-refractivity contribution in [1.29, 1.82) is 0 Å². The van der Waals surface area contributed by atoms with E-state index in [2.05, 4.69) is 27.3 Å². The number of nitrogens with one attached hydrogen (secondary N) is 1. The number of hydrogen-bond acceptors (Lipinski definition) is 6. The van der Waals surface area contributed by atoms with Crippen molar-refractivity contribution in [3.8, 4) is 0 Å². The lowest BCUT2D eigenvalue weighted by Gasteiger charge is -2.35. The van der Waals surface area contributed by atoms with Crippen LogP contribution in [0.5, 0.6) is 0 Å². The summed E-state index contributed by atoms with van der Waals surface area (Å²) in [6.07, 6.45) is -0.398. The Morgan fingerprint density at radius 1 is 1.20 bits per heavy atom. The van der Waals surface area contributed by atoms with E-state index in [-0.39, 0.29) is 31.0 Å². The van der Waals surface area contributed by atoms with Crippen LogP contribution in [0.1, 0.15) is 24.8 Å². The number of amides is 1. The highest BCUT2D eigenvalue weighted by Crippen LogP contribution is 2.41. The van der Waals surface area contributed by atoms with Crippen LogP contribution in [0.3, 0.4) is 0 Å². The summed E-state index contributed by atoms with van der Waals surface area (Å²) in [5.41, 5.74) is 3.54. The molecule has 0 saturated carbocycles. The minimum atomic E-state index is -4.22. The number of fused-ring (bicyclic) bond motifs is 4. The van der Waals surface area contributed by atoms with Crippen molar-refractivity contribution in [2.75, 3.05) is 47.9 Å². The molecule has 1 N–H and O–H groups in total. The van der Waals surface area contributed by atoms with Gasteiger partial charge in [-0.1, -0.05) is 6.07 Å². The van der Waals surface area contributed by atoms with Crippen molar-refractivity contribution >= 4 is 28.8 Å². The van der Waals surface area contributed by atoms with Gasteiger partial charge in [0.05, 0.1) is 43.2 Å². The van der Waals surface area contributed by atoms with E-state index in [1.807, 2.05) is 18.2 Å². The minimum Gasteiger partial charge on any atom is -0.374 e. The molecule has 0 aliphatic carbocycles. The maximum absolute atomic E-state index is 13.8. The topological polar surface area (TPSA) is 60.9 Å². The molecule has 1 aromatic heterocycles. The van der Waals surface area contributed by atoms with Crippen molar-refractivity contribution in [1.82, 2.24) is 9.88 Å². The molecule has 6 rings (SSSR count). The summed E-state index contributed by atoms with van der Waals surface area (Å²) in [4.78, 5) is 23.8. The number of benzene rings is 1. The normalized spacial score (nSPS) is 24.7. The van der Waals surface area contributed by atoms with E-state index in [1.54, 1.807) is 11.1 Å². The molecule has 2 unspecified atom stereocenters. The average molecular weight is 488 g/mol. The molecule has 2 aromatic rings. The Morgan fingerprint density at radius 2 is 2.03 bits per heavy atom. The van der Waals surface area contributed by atoms with Gasteiger partial charge in [-0.05, 0) is 56.6 Å². The highest BCUT2D eigenvalue weighted by molar-refractivity contribution is 6.00. The standard InChI is InChI=1S/C25H28F3N5O2/c26-25(27,28)15-31-8-5-16(6-9-31)24(34)33-12-17-2-1-7-29-23(17)30-21-4-3-18(11-22(21)33)32-13-20-10-19(32)14-35-20/h1-4,7,11,16,19-20H,5-6,8-10,12-15H2,(H,29,30). The number of morpholine rings is 1. The number of carbonyl (C=O) groups is 1. The third-order valence-electron chi connectivity index (χ3n) is 7.58. The van der Waals surface area contributed by atoms with E-state index in [4.69, 9.17) is 4.74 Å². The highest BCUT2D eigenvalue weighted by atomic mass is 19.4. The third kappa shape index (κ3) is 4.45. The first-order chi connectivity index (χ1) is 16.8. The van der Waals surface area contributed by atoms with E-state index in [0.29, 0.717) is 37.9 Å². The number of nitrogens with zero attached hydrogens (tertiary/aromatic N) is 4. The van der Waals surface area contributed by atoms with Gasteiger partial charge in [0.2, 0.25) is 5.91 Å². The van der Waals surface area contributed by atoms with Gasteiger partial charge in [0, 0.05) is 29.9 Å². The smallest absolute Gasteiger partial charge is 0.374 e. The average Bonchev–Trinajstić information content (AvgIpc) is 3.43. The fourth-order valence-electron chi connectivity index (χ4n) is 5.81. The number of carbonyl (C=O) groups excluding carboxylic acids is 1. The molecule has 186 valence electrons. The van der Waals surface area contributed by atoms with Crippen LogP contribution in [0, 0.1) is 5.92 Å². The first-order valence-electron chi connectivity index (χ1n) is 12.2. The molecule has 35 heavy (non-hydrogen) atoms. The molecule has 4 aliphatic rings. The quantitative estimate of drug-likeness (QED) is 0.708. The van der Waals surface area contributed by atoms with Gasteiger partial charge in [0.15, 0.2) is 0 Å². The molecule has 3 saturated heterocycles. The van der Waals surface area contributed by atoms with Crippen LogP contribution in [-0.2, 0) is 16.1 Å². The van der Waals surface area contributed by atoms with Crippen molar-refractivity contribution in [3.05, 3.63) is 42.1 Å². The summed E-state index contributed by atoms with van der Waals surface area (Å²) in [6.45, 7) is 1.53. The number of likely N-dealkylation sites (tertiary alicyclic amines) is 1. The maximum Gasteiger partial charge on any atom is 0.401 e. The molecule has 1 aromatic carbocycles. The number of hydrogen-bond donors (Lipinski definition) is 1.